The van der Waals surface area contributed by atoms with Crippen LogP contribution in [0.5, 0.6) is 0 Å². The van der Waals surface area contributed by atoms with Gasteiger partial charge >= 0.3 is 0 Å². The molecular formula is C17H17NO. The van der Waals surface area contributed by atoms with Crippen molar-refractivity contribution in [2.75, 3.05) is 0 Å². The molecule has 2 nitrogen and oxygen atoms in total. The summed E-state index contributed by atoms with van der Waals surface area (Å²) in [6.45, 7) is 4.17. The second-order valence-electron chi connectivity index (χ2n) is 4.95. The first kappa shape index (κ1) is 11.8. The van der Waals surface area contributed by atoms with E-state index in [1.807, 2.05) is 6.20 Å². The molecule has 19 heavy (non-hydrogen) atoms. The Balaban J connectivity index is 1.76. The van der Waals surface area contributed by atoms with E-state index < -0.39 is 0 Å². The number of rotatable bonds is 2. The fourth-order valence-corrected chi connectivity index (χ4v) is 2.12. The largest absolute Gasteiger partial charge is 0.464 e. The fourth-order valence-electron chi connectivity index (χ4n) is 2.12. The van der Waals surface area contributed by atoms with Crippen molar-refractivity contribution < 1.29 is 4.74 Å². The molecule has 0 bridgehead atoms. The van der Waals surface area contributed by atoms with Gasteiger partial charge in [0.05, 0.1) is 0 Å². The van der Waals surface area contributed by atoms with Gasteiger partial charge < -0.3 is 10.1 Å². The Hall–Kier alpha value is -2.22. The third-order valence-corrected chi connectivity index (χ3v) is 3.33. The zero-order valence-electron chi connectivity index (χ0n) is 11.2. The molecule has 0 fully saturated rings. The predicted octanol–water partition coefficient (Wildman–Crippen LogP) is 3.92. The lowest BCUT2D eigenvalue weighted by Crippen LogP contribution is -2.11. The average Bonchev–Trinajstić information content (AvgIpc) is 2.90. The van der Waals surface area contributed by atoms with Crippen molar-refractivity contribution >= 4 is 5.76 Å². The number of ether oxygens (including phenoxy) is 1. The number of hydrogen-bond donors (Lipinski definition) is 1. The van der Waals surface area contributed by atoms with Gasteiger partial charge in [-0.3, -0.25) is 0 Å². The standard InChI is InChI=1S/C17H17NO/c1-12-3-7-14(8-4-12)16-11-18-17(19-16)15-9-5-13(2)6-10-15/h3-11,17-18H,1-2H3. The lowest BCUT2D eigenvalue weighted by atomic mass is 10.1. The minimum Gasteiger partial charge on any atom is -0.464 e. The second-order valence-corrected chi connectivity index (χ2v) is 4.95. The number of aryl methyl sites for hydroxylation is 2. The van der Waals surface area contributed by atoms with Crippen LogP contribution in [0.3, 0.4) is 0 Å². The average molecular weight is 251 g/mol. The monoisotopic (exact) mass is 251 g/mol. The highest BCUT2D eigenvalue weighted by molar-refractivity contribution is 5.61. The second kappa shape index (κ2) is 4.81. The van der Waals surface area contributed by atoms with E-state index >= 15 is 0 Å². The first-order chi connectivity index (χ1) is 9.22. The van der Waals surface area contributed by atoms with E-state index in [2.05, 4.69) is 67.7 Å². The molecule has 0 aromatic heterocycles. The van der Waals surface area contributed by atoms with Gasteiger partial charge in [0.2, 0.25) is 0 Å². The Labute approximate surface area is 113 Å². The van der Waals surface area contributed by atoms with Crippen molar-refractivity contribution in [2.45, 2.75) is 20.1 Å². The van der Waals surface area contributed by atoms with Gasteiger partial charge in [-0.25, -0.2) is 0 Å². The third kappa shape index (κ3) is 2.48. The van der Waals surface area contributed by atoms with E-state index in [0.717, 1.165) is 16.9 Å². The SMILES string of the molecule is Cc1ccc(C2=CNC(c3ccc(C)cc3)O2)cc1. The van der Waals surface area contributed by atoms with E-state index in [1.54, 1.807) is 0 Å². The molecule has 3 rings (SSSR count). The topological polar surface area (TPSA) is 21.3 Å². The number of nitrogens with one attached hydrogen (secondary N) is 1. The summed E-state index contributed by atoms with van der Waals surface area (Å²) in [5.41, 5.74) is 4.76. The van der Waals surface area contributed by atoms with Crippen LogP contribution in [0, 0.1) is 13.8 Å². The molecule has 0 spiro atoms. The van der Waals surface area contributed by atoms with Gasteiger partial charge in [0.25, 0.3) is 0 Å². The van der Waals surface area contributed by atoms with Crippen LogP contribution in [0.4, 0.5) is 0 Å². The summed E-state index contributed by atoms with van der Waals surface area (Å²) in [7, 11) is 0. The molecule has 1 aliphatic rings. The molecule has 96 valence electrons. The van der Waals surface area contributed by atoms with Crippen molar-refractivity contribution in [2.24, 2.45) is 0 Å². The molecule has 2 aromatic carbocycles. The zero-order chi connectivity index (χ0) is 13.2. The molecular weight excluding hydrogens is 234 g/mol. The molecule has 0 amide bonds. The molecule has 2 heteroatoms. The summed E-state index contributed by atoms with van der Waals surface area (Å²) in [4.78, 5) is 0. The van der Waals surface area contributed by atoms with Crippen LogP contribution in [0.2, 0.25) is 0 Å². The highest BCUT2D eigenvalue weighted by Crippen LogP contribution is 2.29. The minimum atomic E-state index is -0.0862. The molecule has 1 N–H and O–H groups in total. The number of benzene rings is 2. The van der Waals surface area contributed by atoms with Gasteiger partial charge in [0, 0.05) is 17.3 Å². The molecule has 1 aliphatic heterocycles. The van der Waals surface area contributed by atoms with Crippen LogP contribution >= 0.6 is 0 Å². The van der Waals surface area contributed by atoms with Gasteiger partial charge in [-0.2, -0.15) is 0 Å². The molecule has 0 radical (unpaired) electrons. The smallest absolute Gasteiger partial charge is 0.196 e. The summed E-state index contributed by atoms with van der Waals surface area (Å²) in [6, 6.07) is 16.8. The van der Waals surface area contributed by atoms with E-state index in [4.69, 9.17) is 4.74 Å². The first-order valence-corrected chi connectivity index (χ1v) is 6.49. The van der Waals surface area contributed by atoms with E-state index in [9.17, 15) is 0 Å². The quantitative estimate of drug-likeness (QED) is 0.873. The fraction of sp³-hybridized carbons (Fsp3) is 0.176. The predicted molar refractivity (Wildman–Crippen MR) is 77.3 cm³/mol. The van der Waals surface area contributed by atoms with Crippen LogP contribution in [-0.4, -0.2) is 0 Å². The maximum absolute atomic E-state index is 5.96. The maximum atomic E-state index is 5.96. The van der Waals surface area contributed by atoms with Crippen molar-refractivity contribution in [3.63, 3.8) is 0 Å². The first-order valence-electron chi connectivity index (χ1n) is 6.49. The van der Waals surface area contributed by atoms with Crippen LogP contribution in [-0.2, 0) is 4.74 Å². The highest BCUT2D eigenvalue weighted by atomic mass is 16.5. The molecule has 1 heterocycles. The van der Waals surface area contributed by atoms with Crippen LogP contribution < -0.4 is 5.32 Å². The summed E-state index contributed by atoms with van der Waals surface area (Å²) in [5, 5.41) is 3.27. The Morgan fingerprint density at radius 2 is 1.42 bits per heavy atom. The summed E-state index contributed by atoms with van der Waals surface area (Å²) in [6.07, 6.45) is 1.85. The molecule has 1 atom stereocenters. The lowest BCUT2D eigenvalue weighted by molar-refractivity contribution is 0.174. The molecule has 0 saturated carbocycles. The maximum Gasteiger partial charge on any atom is 0.196 e. The Morgan fingerprint density at radius 1 is 0.842 bits per heavy atom. The van der Waals surface area contributed by atoms with E-state index in [0.29, 0.717) is 0 Å². The van der Waals surface area contributed by atoms with Gasteiger partial charge in [0.15, 0.2) is 6.23 Å². The summed E-state index contributed by atoms with van der Waals surface area (Å²) in [5.74, 6) is 0.894. The van der Waals surface area contributed by atoms with Gasteiger partial charge in [-0.15, -0.1) is 0 Å². The molecule has 0 saturated heterocycles. The Kier molecular flexibility index (Phi) is 3.00. The van der Waals surface area contributed by atoms with Crippen LogP contribution in [0.25, 0.3) is 5.76 Å². The molecule has 2 aromatic rings. The van der Waals surface area contributed by atoms with Crippen LogP contribution in [0.15, 0.2) is 54.7 Å². The van der Waals surface area contributed by atoms with E-state index in [-0.39, 0.29) is 6.23 Å². The lowest BCUT2D eigenvalue weighted by Gasteiger charge is -2.14. The Morgan fingerprint density at radius 3 is 2.05 bits per heavy atom. The molecule has 0 aliphatic carbocycles. The summed E-state index contributed by atoms with van der Waals surface area (Å²) < 4.78 is 5.96. The minimum absolute atomic E-state index is 0.0862. The molecule has 1 unspecified atom stereocenters. The van der Waals surface area contributed by atoms with Crippen molar-refractivity contribution in [1.82, 2.24) is 5.32 Å². The third-order valence-electron chi connectivity index (χ3n) is 3.33. The van der Waals surface area contributed by atoms with Gasteiger partial charge in [0.1, 0.15) is 5.76 Å². The van der Waals surface area contributed by atoms with Gasteiger partial charge in [-0.05, 0) is 13.8 Å². The van der Waals surface area contributed by atoms with Gasteiger partial charge in [-0.1, -0.05) is 59.7 Å². The normalized spacial score (nSPS) is 17.6. The number of hydrogen-bond acceptors (Lipinski definition) is 2. The van der Waals surface area contributed by atoms with Crippen LogP contribution in [0.1, 0.15) is 28.5 Å². The highest BCUT2D eigenvalue weighted by Gasteiger charge is 2.19. The zero-order valence-corrected chi connectivity index (χ0v) is 11.2. The van der Waals surface area contributed by atoms with Crippen molar-refractivity contribution in [1.29, 1.82) is 0 Å². The summed E-state index contributed by atoms with van der Waals surface area (Å²) >= 11 is 0. The van der Waals surface area contributed by atoms with E-state index in [1.165, 1.54) is 11.1 Å². The van der Waals surface area contributed by atoms with Crippen molar-refractivity contribution in [3.8, 4) is 0 Å². The Bertz CT molecular complexity index is 596. The van der Waals surface area contributed by atoms with Crippen molar-refractivity contribution in [3.05, 3.63) is 77.0 Å².